The Balaban J connectivity index is 0.000000280. The fourth-order valence-electron chi connectivity index (χ4n) is 4.04. The van der Waals surface area contributed by atoms with Gasteiger partial charge in [-0.05, 0) is 51.4 Å². The maximum absolute atomic E-state index is 11.4. The van der Waals surface area contributed by atoms with E-state index in [0.29, 0.717) is 11.8 Å². The molecule has 0 radical (unpaired) electrons. The molecule has 0 N–H and O–H groups in total. The Morgan fingerprint density at radius 1 is 0.571 bits per heavy atom. The van der Waals surface area contributed by atoms with E-state index in [1.165, 1.54) is 64.2 Å². The lowest BCUT2D eigenvalue weighted by atomic mass is 9.86. The second kappa shape index (κ2) is 13.2. The average molecular weight is 397 g/mol. The van der Waals surface area contributed by atoms with Gasteiger partial charge in [0.2, 0.25) is 0 Å². The molecule has 2 aliphatic rings. The number of carbonyl (C=O) groups excluding carboxylic acids is 2. The summed E-state index contributed by atoms with van der Waals surface area (Å²) >= 11 is 0. The fourth-order valence-corrected chi connectivity index (χ4v) is 4.04. The molecule has 2 fully saturated rings. The molecule has 28 heavy (non-hydrogen) atoms. The van der Waals surface area contributed by atoms with Crippen LogP contribution in [0.4, 0.5) is 0 Å². The standard InChI is InChI=1S/2C12H22O2/c2*1-9(2)12(13)14-10(3)11-7-5-4-6-8-11/h2*9-11H,4-8H2,1-3H3/t2*10-/m11/s1. The number of hydrogen-bond acceptors (Lipinski definition) is 4. The molecule has 0 amide bonds. The molecule has 0 aromatic rings. The summed E-state index contributed by atoms with van der Waals surface area (Å²) in [6, 6.07) is 0. The van der Waals surface area contributed by atoms with E-state index in [-0.39, 0.29) is 36.0 Å². The molecule has 0 bridgehead atoms. The molecule has 2 aliphatic carbocycles. The van der Waals surface area contributed by atoms with E-state index >= 15 is 0 Å². The highest BCUT2D eigenvalue weighted by atomic mass is 16.5. The van der Waals surface area contributed by atoms with Crippen molar-refractivity contribution in [3.05, 3.63) is 0 Å². The van der Waals surface area contributed by atoms with Gasteiger partial charge in [0.05, 0.1) is 11.8 Å². The van der Waals surface area contributed by atoms with Crippen molar-refractivity contribution < 1.29 is 19.1 Å². The summed E-state index contributed by atoms with van der Waals surface area (Å²) in [4.78, 5) is 22.7. The number of esters is 2. The Morgan fingerprint density at radius 3 is 1.11 bits per heavy atom. The van der Waals surface area contributed by atoms with Gasteiger partial charge in [-0.2, -0.15) is 0 Å². The first-order valence-corrected chi connectivity index (χ1v) is 11.6. The molecule has 164 valence electrons. The van der Waals surface area contributed by atoms with E-state index in [2.05, 4.69) is 0 Å². The van der Waals surface area contributed by atoms with Crippen molar-refractivity contribution in [2.45, 2.75) is 118 Å². The lowest BCUT2D eigenvalue weighted by Gasteiger charge is -2.27. The molecule has 0 saturated heterocycles. The monoisotopic (exact) mass is 396 g/mol. The van der Waals surface area contributed by atoms with Gasteiger partial charge in [0.25, 0.3) is 0 Å². The number of hydrogen-bond donors (Lipinski definition) is 0. The fraction of sp³-hybridized carbons (Fsp3) is 0.917. The number of carbonyl (C=O) groups is 2. The quantitative estimate of drug-likeness (QED) is 0.494. The molecule has 4 nitrogen and oxygen atoms in total. The normalized spacial score (nSPS) is 20.9. The minimum atomic E-state index is -0.0527. The second-order valence-electron chi connectivity index (χ2n) is 9.39. The van der Waals surface area contributed by atoms with Crippen LogP contribution in [0.1, 0.15) is 106 Å². The maximum atomic E-state index is 11.4. The molecular formula is C24H44O4. The van der Waals surface area contributed by atoms with E-state index in [1.807, 2.05) is 41.5 Å². The Labute approximate surface area is 173 Å². The predicted octanol–water partition coefficient (Wildman–Crippen LogP) is 6.31. The summed E-state index contributed by atoms with van der Waals surface area (Å²) in [5.74, 6) is 1.10. The van der Waals surface area contributed by atoms with E-state index in [0.717, 1.165) is 0 Å². The van der Waals surface area contributed by atoms with Gasteiger partial charge in [-0.1, -0.05) is 66.2 Å². The topological polar surface area (TPSA) is 52.6 Å². The SMILES string of the molecule is CC(C)C(=O)O[C@H](C)C1CCCCC1.CC(C)C(=O)O[C@H](C)C1CCCCC1. The predicted molar refractivity (Wildman–Crippen MR) is 114 cm³/mol. The van der Waals surface area contributed by atoms with E-state index < -0.39 is 0 Å². The van der Waals surface area contributed by atoms with Crippen molar-refractivity contribution in [1.82, 2.24) is 0 Å². The summed E-state index contributed by atoms with van der Waals surface area (Å²) in [6.07, 6.45) is 13.0. The van der Waals surface area contributed by atoms with Gasteiger partial charge in [0, 0.05) is 0 Å². The molecule has 0 unspecified atom stereocenters. The molecule has 0 aromatic carbocycles. The molecule has 2 saturated carbocycles. The van der Waals surface area contributed by atoms with Gasteiger partial charge >= 0.3 is 11.9 Å². The van der Waals surface area contributed by atoms with Gasteiger partial charge in [-0.3, -0.25) is 9.59 Å². The van der Waals surface area contributed by atoms with Crippen molar-refractivity contribution in [1.29, 1.82) is 0 Å². The van der Waals surface area contributed by atoms with Crippen LogP contribution in [0.3, 0.4) is 0 Å². The summed E-state index contributed by atoms with van der Waals surface area (Å²) in [7, 11) is 0. The van der Waals surface area contributed by atoms with Crippen molar-refractivity contribution in [2.24, 2.45) is 23.7 Å². The van der Waals surface area contributed by atoms with Crippen LogP contribution in [0, 0.1) is 23.7 Å². The first kappa shape index (κ1) is 25.0. The lowest BCUT2D eigenvalue weighted by molar-refractivity contribution is -0.156. The van der Waals surface area contributed by atoms with Crippen molar-refractivity contribution >= 4 is 11.9 Å². The van der Waals surface area contributed by atoms with Crippen LogP contribution < -0.4 is 0 Å². The van der Waals surface area contributed by atoms with Crippen LogP contribution in [0.15, 0.2) is 0 Å². The van der Waals surface area contributed by atoms with Crippen molar-refractivity contribution in [3.63, 3.8) is 0 Å². The molecule has 4 heteroatoms. The summed E-state index contributed by atoms with van der Waals surface area (Å²) in [5.41, 5.74) is 0. The zero-order chi connectivity index (χ0) is 21.1. The second-order valence-corrected chi connectivity index (χ2v) is 9.39. The van der Waals surface area contributed by atoms with Crippen LogP contribution >= 0.6 is 0 Å². The molecule has 0 spiro atoms. The van der Waals surface area contributed by atoms with Crippen molar-refractivity contribution in [3.8, 4) is 0 Å². The van der Waals surface area contributed by atoms with Crippen LogP contribution in [-0.2, 0) is 19.1 Å². The highest BCUT2D eigenvalue weighted by molar-refractivity contribution is 5.72. The third-order valence-corrected chi connectivity index (χ3v) is 6.17. The minimum Gasteiger partial charge on any atom is -0.462 e. The van der Waals surface area contributed by atoms with Gasteiger partial charge in [-0.15, -0.1) is 0 Å². The highest BCUT2D eigenvalue weighted by Gasteiger charge is 2.24. The zero-order valence-corrected chi connectivity index (χ0v) is 19.2. The highest BCUT2D eigenvalue weighted by Crippen LogP contribution is 2.29. The van der Waals surface area contributed by atoms with Gasteiger partial charge in [0.1, 0.15) is 12.2 Å². The Bertz CT molecular complexity index is 404. The lowest BCUT2D eigenvalue weighted by Crippen LogP contribution is -2.27. The van der Waals surface area contributed by atoms with Gasteiger partial charge in [-0.25, -0.2) is 0 Å². The largest absolute Gasteiger partial charge is 0.462 e. The summed E-state index contributed by atoms with van der Waals surface area (Å²) in [6.45, 7) is 11.6. The summed E-state index contributed by atoms with van der Waals surface area (Å²) in [5, 5.41) is 0. The average Bonchev–Trinajstić information content (AvgIpc) is 2.69. The first-order chi connectivity index (χ1) is 13.2. The number of rotatable bonds is 6. The van der Waals surface area contributed by atoms with Crippen LogP contribution in [-0.4, -0.2) is 24.1 Å². The third-order valence-electron chi connectivity index (χ3n) is 6.17. The van der Waals surface area contributed by atoms with E-state index in [9.17, 15) is 9.59 Å². The molecule has 0 aromatic heterocycles. The Hall–Kier alpha value is -1.06. The molecule has 0 heterocycles. The smallest absolute Gasteiger partial charge is 0.308 e. The molecule has 0 aliphatic heterocycles. The Kier molecular flexibility index (Phi) is 11.8. The maximum Gasteiger partial charge on any atom is 0.308 e. The van der Waals surface area contributed by atoms with Crippen molar-refractivity contribution in [2.75, 3.05) is 0 Å². The molecule has 2 atom stereocenters. The minimum absolute atomic E-state index is 0.000963. The van der Waals surface area contributed by atoms with Crippen LogP contribution in [0.5, 0.6) is 0 Å². The molecular weight excluding hydrogens is 352 g/mol. The number of ether oxygens (including phenoxy) is 2. The van der Waals surface area contributed by atoms with E-state index in [4.69, 9.17) is 9.47 Å². The van der Waals surface area contributed by atoms with Crippen LogP contribution in [0.2, 0.25) is 0 Å². The van der Waals surface area contributed by atoms with Gasteiger partial charge in [0.15, 0.2) is 0 Å². The molecule has 2 rings (SSSR count). The zero-order valence-electron chi connectivity index (χ0n) is 19.2. The van der Waals surface area contributed by atoms with Gasteiger partial charge < -0.3 is 9.47 Å². The van der Waals surface area contributed by atoms with Crippen LogP contribution in [0.25, 0.3) is 0 Å². The Morgan fingerprint density at radius 2 is 0.857 bits per heavy atom. The first-order valence-electron chi connectivity index (χ1n) is 11.6. The third kappa shape index (κ3) is 9.43. The summed E-state index contributed by atoms with van der Waals surface area (Å²) < 4.78 is 10.8. The van der Waals surface area contributed by atoms with E-state index in [1.54, 1.807) is 0 Å².